The third kappa shape index (κ3) is 3.78. The molecule has 0 saturated carbocycles. The fraction of sp³-hybridized carbons (Fsp3) is 0.533. The van der Waals surface area contributed by atoms with Crippen LogP contribution in [0, 0.1) is 0 Å². The highest BCUT2D eigenvalue weighted by molar-refractivity contribution is 5.95. The summed E-state index contributed by atoms with van der Waals surface area (Å²) in [6.07, 6.45) is 2.49. The second-order valence-electron chi connectivity index (χ2n) is 5.20. The molecule has 104 valence electrons. The molecule has 0 unspecified atom stereocenters. The van der Waals surface area contributed by atoms with Crippen molar-refractivity contribution in [1.29, 1.82) is 0 Å². The summed E-state index contributed by atoms with van der Waals surface area (Å²) < 4.78 is 0. The summed E-state index contributed by atoms with van der Waals surface area (Å²) in [5, 5.41) is 11.8. The normalized spacial score (nSPS) is 17.4. The zero-order valence-corrected chi connectivity index (χ0v) is 11.4. The molecule has 1 aliphatic rings. The minimum atomic E-state index is -0.215. The Kier molecular flexibility index (Phi) is 4.93. The summed E-state index contributed by atoms with van der Waals surface area (Å²) in [6, 6.07) is 7.50. The van der Waals surface area contributed by atoms with Crippen LogP contribution < -0.4 is 5.32 Å². The lowest BCUT2D eigenvalue weighted by molar-refractivity contribution is 0.0920. The average molecular weight is 262 g/mol. The van der Waals surface area contributed by atoms with E-state index in [9.17, 15) is 4.79 Å². The lowest BCUT2D eigenvalue weighted by Crippen LogP contribution is -2.35. The predicted octanol–water partition coefficient (Wildman–Crippen LogP) is 1.39. The quantitative estimate of drug-likeness (QED) is 0.843. The van der Waals surface area contributed by atoms with Gasteiger partial charge in [-0.25, -0.2) is 0 Å². The maximum atomic E-state index is 12.2. The molecule has 4 nitrogen and oxygen atoms in total. The molecular weight excluding hydrogens is 240 g/mol. The highest BCUT2D eigenvalue weighted by Crippen LogP contribution is 2.16. The van der Waals surface area contributed by atoms with Gasteiger partial charge in [-0.2, -0.15) is 0 Å². The molecular formula is C15H22N2O2. The van der Waals surface area contributed by atoms with Crippen LogP contribution in [0.2, 0.25) is 0 Å². The van der Waals surface area contributed by atoms with Gasteiger partial charge in [0.05, 0.1) is 6.61 Å². The van der Waals surface area contributed by atoms with E-state index >= 15 is 0 Å². The third-order valence-electron chi connectivity index (χ3n) is 3.51. The van der Waals surface area contributed by atoms with Gasteiger partial charge in [0.2, 0.25) is 0 Å². The Morgan fingerprint density at radius 3 is 2.74 bits per heavy atom. The summed E-state index contributed by atoms with van der Waals surface area (Å²) in [4.78, 5) is 14.5. The number of carbonyl (C=O) groups is 1. The van der Waals surface area contributed by atoms with Crippen LogP contribution in [0.4, 0.5) is 0 Å². The number of aliphatic hydroxyl groups excluding tert-OH is 1. The third-order valence-corrected chi connectivity index (χ3v) is 3.51. The molecule has 4 heteroatoms. The van der Waals surface area contributed by atoms with Crippen LogP contribution in [0.15, 0.2) is 24.3 Å². The molecule has 1 atom stereocenters. The highest BCUT2D eigenvalue weighted by atomic mass is 16.3. The zero-order chi connectivity index (χ0) is 13.7. The molecule has 2 N–H and O–H groups in total. The lowest BCUT2D eigenvalue weighted by Gasteiger charge is -2.18. The van der Waals surface area contributed by atoms with Gasteiger partial charge in [0.25, 0.3) is 5.91 Å². The van der Waals surface area contributed by atoms with Gasteiger partial charge in [0, 0.05) is 18.2 Å². The van der Waals surface area contributed by atoms with Gasteiger partial charge in [-0.15, -0.1) is 0 Å². The van der Waals surface area contributed by atoms with E-state index in [2.05, 4.69) is 10.2 Å². The van der Waals surface area contributed by atoms with Crippen molar-refractivity contribution in [1.82, 2.24) is 10.2 Å². The van der Waals surface area contributed by atoms with Crippen LogP contribution in [-0.4, -0.2) is 41.7 Å². The number of benzene rings is 1. The monoisotopic (exact) mass is 262 g/mol. The van der Waals surface area contributed by atoms with E-state index in [0.29, 0.717) is 0 Å². The topological polar surface area (TPSA) is 52.6 Å². The summed E-state index contributed by atoms with van der Waals surface area (Å²) in [7, 11) is 0. The molecule has 0 aliphatic carbocycles. The van der Waals surface area contributed by atoms with Crippen molar-refractivity contribution in [3.63, 3.8) is 0 Å². The molecule has 0 spiro atoms. The maximum Gasteiger partial charge on any atom is 0.251 e. The number of nitrogens with one attached hydrogen (secondary N) is 1. The Balaban J connectivity index is 2.08. The minimum absolute atomic E-state index is 0.0416. The van der Waals surface area contributed by atoms with Crippen molar-refractivity contribution in [2.75, 3.05) is 19.7 Å². The van der Waals surface area contributed by atoms with Crippen molar-refractivity contribution < 1.29 is 9.90 Å². The van der Waals surface area contributed by atoms with Crippen LogP contribution in [0.3, 0.4) is 0 Å². The fourth-order valence-corrected chi connectivity index (χ4v) is 2.41. The Hall–Kier alpha value is -1.39. The molecule has 1 aliphatic heterocycles. The summed E-state index contributed by atoms with van der Waals surface area (Å²) >= 11 is 0. The SMILES string of the molecule is C[C@@H](CO)NC(=O)c1ccccc1CN1CCCC1. The molecule has 1 aromatic carbocycles. The minimum Gasteiger partial charge on any atom is -0.394 e. The standard InChI is InChI=1S/C15H22N2O2/c1-12(11-18)16-15(19)14-7-3-2-6-13(14)10-17-8-4-5-9-17/h2-3,6-7,12,18H,4-5,8-11H2,1H3,(H,16,19)/t12-/m0/s1. The number of rotatable bonds is 5. The molecule has 19 heavy (non-hydrogen) atoms. The van der Waals surface area contributed by atoms with Gasteiger partial charge in [-0.05, 0) is 44.5 Å². The van der Waals surface area contributed by atoms with Gasteiger partial charge in [-0.1, -0.05) is 18.2 Å². The second-order valence-corrected chi connectivity index (χ2v) is 5.20. The van der Waals surface area contributed by atoms with E-state index < -0.39 is 0 Å². The first kappa shape index (κ1) is 14.0. The van der Waals surface area contributed by atoms with Crippen LogP contribution in [-0.2, 0) is 6.54 Å². The smallest absolute Gasteiger partial charge is 0.251 e. The number of likely N-dealkylation sites (tertiary alicyclic amines) is 1. The second kappa shape index (κ2) is 6.68. The summed E-state index contributed by atoms with van der Waals surface area (Å²) in [5.74, 6) is -0.101. The first-order valence-corrected chi connectivity index (χ1v) is 6.92. The van der Waals surface area contributed by atoms with Crippen molar-refractivity contribution in [2.24, 2.45) is 0 Å². The lowest BCUT2D eigenvalue weighted by atomic mass is 10.1. The average Bonchev–Trinajstić information content (AvgIpc) is 2.92. The van der Waals surface area contributed by atoms with E-state index in [-0.39, 0.29) is 18.6 Å². The van der Waals surface area contributed by atoms with Gasteiger partial charge in [-0.3, -0.25) is 9.69 Å². The first-order chi connectivity index (χ1) is 9.20. The maximum absolute atomic E-state index is 12.2. The highest BCUT2D eigenvalue weighted by Gasteiger charge is 2.17. The number of hydrogen-bond acceptors (Lipinski definition) is 3. The van der Waals surface area contributed by atoms with Gasteiger partial charge in [0.1, 0.15) is 0 Å². The largest absolute Gasteiger partial charge is 0.394 e. The van der Waals surface area contributed by atoms with Crippen LogP contribution in [0.5, 0.6) is 0 Å². The molecule has 1 aromatic rings. The Bertz CT molecular complexity index is 428. The van der Waals surface area contributed by atoms with Crippen LogP contribution >= 0.6 is 0 Å². The van der Waals surface area contributed by atoms with Gasteiger partial charge < -0.3 is 10.4 Å². The van der Waals surface area contributed by atoms with Gasteiger partial charge in [0.15, 0.2) is 0 Å². The predicted molar refractivity (Wildman–Crippen MR) is 75.0 cm³/mol. The van der Waals surface area contributed by atoms with E-state index in [1.54, 1.807) is 6.92 Å². The van der Waals surface area contributed by atoms with Crippen molar-refractivity contribution in [3.8, 4) is 0 Å². The number of amides is 1. The Labute approximate surface area is 114 Å². The van der Waals surface area contributed by atoms with Gasteiger partial charge >= 0.3 is 0 Å². The van der Waals surface area contributed by atoms with E-state index in [1.807, 2.05) is 24.3 Å². The van der Waals surface area contributed by atoms with Crippen molar-refractivity contribution in [2.45, 2.75) is 32.4 Å². The Morgan fingerprint density at radius 1 is 1.37 bits per heavy atom. The Morgan fingerprint density at radius 2 is 2.05 bits per heavy atom. The molecule has 1 saturated heterocycles. The number of hydrogen-bond donors (Lipinski definition) is 2. The molecule has 1 amide bonds. The van der Waals surface area contributed by atoms with E-state index in [1.165, 1.54) is 12.8 Å². The molecule has 0 bridgehead atoms. The van der Waals surface area contributed by atoms with Crippen molar-refractivity contribution in [3.05, 3.63) is 35.4 Å². The van der Waals surface area contributed by atoms with Crippen LogP contribution in [0.1, 0.15) is 35.7 Å². The van der Waals surface area contributed by atoms with E-state index in [0.717, 1.165) is 30.8 Å². The molecule has 1 heterocycles. The molecule has 1 fully saturated rings. The van der Waals surface area contributed by atoms with Crippen molar-refractivity contribution >= 4 is 5.91 Å². The summed E-state index contributed by atoms with van der Waals surface area (Å²) in [5.41, 5.74) is 1.78. The summed E-state index contributed by atoms with van der Waals surface area (Å²) in [6.45, 7) is 4.81. The first-order valence-electron chi connectivity index (χ1n) is 6.92. The number of nitrogens with zero attached hydrogens (tertiary/aromatic N) is 1. The molecule has 0 radical (unpaired) electrons. The number of aliphatic hydroxyl groups is 1. The van der Waals surface area contributed by atoms with Crippen LogP contribution in [0.25, 0.3) is 0 Å². The zero-order valence-electron chi connectivity index (χ0n) is 11.4. The molecule has 2 rings (SSSR count). The fourth-order valence-electron chi connectivity index (χ4n) is 2.41. The number of carbonyl (C=O) groups excluding carboxylic acids is 1. The molecule has 0 aromatic heterocycles. The van der Waals surface area contributed by atoms with E-state index in [4.69, 9.17) is 5.11 Å².